The van der Waals surface area contributed by atoms with Gasteiger partial charge in [0.1, 0.15) is 11.5 Å². The summed E-state index contributed by atoms with van der Waals surface area (Å²) in [6.07, 6.45) is 0.856. The molecular formula is C24H22ClFN4O. The second-order valence-corrected chi connectivity index (χ2v) is 8.19. The molecule has 0 bridgehead atoms. The van der Waals surface area contributed by atoms with E-state index in [1.807, 2.05) is 12.1 Å². The largest absolute Gasteiger partial charge is 0.351 e. The first-order chi connectivity index (χ1) is 14.9. The molecule has 2 aromatic carbocycles. The number of aromatic nitrogens is 3. The summed E-state index contributed by atoms with van der Waals surface area (Å²) in [6, 6.07) is 17.0. The van der Waals surface area contributed by atoms with Gasteiger partial charge in [0.05, 0.1) is 11.4 Å². The Morgan fingerprint density at radius 3 is 2.55 bits per heavy atom. The van der Waals surface area contributed by atoms with Gasteiger partial charge in [-0.3, -0.25) is 4.79 Å². The van der Waals surface area contributed by atoms with E-state index in [2.05, 4.69) is 29.2 Å². The van der Waals surface area contributed by atoms with E-state index in [0.717, 1.165) is 12.0 Å². The van der Waals surface area contributed by atoms with Crippen molar-refractivity contribution in [3.8, 4) is 22.5 Å². The Balaban J connectivity index is 1.82. The number of nitrogens with zero attached hydrogens (tertiary/aromatic N) is 3. The predicted molar refractivity (Wildman–Crippen MR) is 121 cm³/mol. The van der Waals surface area contributed by atoms with Gasteiger partial charge in [-0.15, -0.1) is 0 Å². The lowest BCUT2D eigenvalue weighted by Gasteiger charge is -2.10. The van der Waals surface area contributed by atoms with Crippen molar-refractivity contribution in [3.05, 3.63) is 77.2 Å². The van der Waals surface area contributed by atoms with Crippen LogP contribution in [0, 0.1) is 11.7 Å². The number of carbonyl (C=O) groups excluding carboxylic acids is 1. The molecule has 5 nitrogen and oxygen atoms in total. The number of carbonyl (C=O) groups is 1. The van der Waals surface area contributed by atoms with E-state index in [1.54, 1.807) is 42.5 Å². The molecule has 4 rings (SSSR count). The van der Waals surface area contributed by atoms with Crippen LogP contribution in [-0.2, 0) is 0 Å². The van der Waals surface area contributed by atoms with Gasteiger partial charge < -0.3 is 5.32 Å². The Kier molecular flexibility index (Phi) is 6.00. The maximum atomic E-state index is 14.4. The second kappa shape index (κ2) is 8.86. The van der Waals surface area contributed by atoms with Crippen LogP contribution in [0.3, 0.4) is 0 Å². The van der Waals surface area contributed by atoms with Crippen molar-refractivity contribution in [1.29, 1.82) is 0 Å². The molecule has 7 heteroatoms. The Hall–Kier alpha value is -3.25. The standard InChI is InChI=1S/C24H22ClFN4O/c1-15(2)11-12-27-24(31)22-13-21(18-5-3-4-6-19(18)26)28-23-14-20(29-30(22)23)16-7-9-17(25)10-8-16/h3-10,13-15H,11-12H2,1-2H3,(H,27,31). The Bertz CT molecular complexity index is 1230. The molecule has 158 valence electrons. The SMILES string of the molecule is CC(C)CCNC(=O)c1cc(-c2ccccc2F)nc2cc(-c3ccc(Cl)cc3)nn12. The fraction of sp³-hybridized carbons (Fsp3) is 0.208. The molecule has 1 N–H and O–H groups in total. The Morgan fingerprint density at radius 1 is 1.10 bits per heavy atom. The lowest BCUT2D eigenvalue weighted by molar-refractivity contribution is 0.0944. The van der Waals surface area contributed by atoms with Crippen LogP contribution in [0.4, 0.5) is 4.39 Å². The zero-order valence-corrected chi connectivity index (χ0v) is 18.0. The number of nitrogens with one attached hydrogen (secondary N) is 1. The van der Waals surface area contributed by atoms with Crippen LogP contribution in [-0.4, -0.2) is 27.0 Å². The normalized spacial score (nSPS) is 11.3. The molecule has 0 atom stereocenters. The molecule has 0 aliphatic rings. The van der Waals surface area contributed by atoms with Crippen LogP contribution in [0.5, 0.6) is 0 Å². The van der Waals surface area contributed by atoms with E-state index in [-0.39, 0.29) is 5.91 Å². The van der Waals surface area contributed by atoms with Crippen LogP contribution < -0.4 is 5.32 Å². The molecule has 0 fully saturated rings. The quantitative estimate of drug-likeness (QED) is 0.426. The lowest BCUT2D eigenvalue weighted by atomic mass is 10.1. The number of fused-ring (bicyclic) bond motifs is 1. The summed E-state index contributed by atoms with van der Waals surface area (Å²) in [7, 11) is 0. The van der Waals surface area contributed by atoms with Gasteiger partial charge in [0.15, 0.2) is 5.65 Å². The van der Waals surface area contributed by atoms with Crippen molar-refractivity contribution in [1.82, 2.24) is 19.9 Å². The molecule has 0 radical (unpaired) electrons. The summed E-state index contributed by atoms with van der Waals surface area (Å²) in [6.45, 7) is 4.73. The summed E-state index contributed by atoms with van der Waals surface area (Å²) >= 11 is 5.99. The molecule has 2 heterocycles. The summed E-state index contributed by atoms with van der Waals surface area (Å²) in [5, 5.41) is 8.15. The summed E-state index contributed by atoms with van der Waals surface area (Å²) < 4.78 is 15.9. The highest BCUT2D eigenvalue weighted by molar-refractivity contribution is 6.30. The van der Waals surface area contributed by atoms with Crippen molar-refractivity contribution >= 4 is 23.2 Å². The molecular weight excluding hydrogens is 415 g/mol. The van der Waals surface area contributed by atoms with Crippen LogP contribution in [0.1, 0.15) is 30.8 Å². The van der Waals surface area contributed by atoms with Crippen molar-refractivity contribution in [2.24, 2.45) is 5.92 Å². The highest BCUT2D eigenvalue weighted by Crippen LogP contribution is 2.26. The van der Waals surface area contributed by atoms with Crippen molar-refractivity contribution in [2.75, 3.05) is 6.54 Å². The first kappa shape index (κ1) is 21.0. The van der Waals surface area contributed by atoms with E-state index in [1.165, 1.54) is 10.6 Å². The molecule has 0 aliphatic heterocycles. The van der Waals surface area contributed by atoms with Crippen molar-refractivity contribution in [3.63, 3.8) is 0 Å². The summed E-state index contributed by atoms with van der Waals surface area (Å²) in [5.74, 6) is -0.215. The summed E-state index contributed by atoms with van der Waals surface area (Å²) in [5.41, 5.74) is 2.95. The number of amides is 1. The number of halogens is 2. The third-order valence-electron chi connectivity index (χ3n) is 4.96. The predicted octanol–water partition coefficient (Wildman–Crippen LogP) is 5.63. The van der Waals surface area contributed by atoms with Crippen LogP contribution in [0.25, 0.3) is 28.2 Å². The minimum atomic E-state index is -0.400. The average molecular weight is 437 g/mol. The van der Waals surface area contributed by atoms with E-state index >= 15 is 0 Å². The van der Waals surface area contributed by atoms with Gasteiger partial charge in [0, 0.05) is 28.8 Å². The molecule has 0 aliphatic carbocycles. The van der Waals surface area contributed by atoms with E-state index < -0.39 is 5.82 Å². The lowest BCUT2D eigenvalue weighted by Crippen LogP contribution is -2.27. The number of rotatable bonds is 6. The van der Waals surface area contributed by atoms with Gasteiger partial charge in [0.25, 0.3) is 5.91 Å². The van der Waals surface area contributed by atoms with Gasteiger partial charge in [-0.05, 0) is 42.7 Å². The van der Waals surface area contributed by atoms with Crippen LogP contribution in [0.15, 0.2) is 60.7 Å². The second-order valence-electron chi connectivity index (χ2n) is 7.75. The fourth-order valence-electron chi connectivity index (χ4n) is 3.27. The molecule has 0 saturated carbocycles. The van der Waals surface area contributed by atoms with E-state index in [9.17, 15) is 9.18 Å². The zero-order valence-electron chi connectivity index (χ0n) is 17.3. The third kappa shape index (κ3) is 4.59. The molecule has 0 spiro atoms. The number of hydrogen-bond donors (Lipinski definition) is 1. The minimum Gasteiger partial charge on any atom is -0.351 e. The molecule has 2 aromatic heterocycles. The third-order valence-corrected chi connectivity index (χ3v) is 5.21. The Morgan fingerprint density at radius 2 is 1.84 bits per heavy atom. The Labute approximate surface area is 184 Å². The maximum absolute atomic E-state index is 14.4. The van der Waals surface area contributed by atoms with Gasteiger partial charge in [-0.1, -0.05) is 49.7 Å². The van der Waals surface area contributed by atoms with Gasteiger partial charge in [-0.25, -0.2) is 13.9 Å². The van der Waals surface area contributed by atoms with E-state index in [0.29, 0.717) is 45.8 Å². The average Bonchev–Trinajstić information content (AvgIpc) is 3.17. The smallest absolute Gasteiger partial charge is 0.270 e. The number of benzene rings is 2. The fourth-order valence-corrected chi connectivity index (χ4v) is 3.40. The van der Waals surface area contributed by atoms with Crippen molar-refractivity contribution in [2.45, 2.75) is 20.3 Å². The first-order valence-corrected chi connectivity index (χ1v) is 10.5. The topological polar surface area (TPSA) is 59.3 Å². The molecule has 1 amide bonds. The zero-order chi connectivity index (χ0) is 22.0. The summed E-state index contributed by atoms with van der Waals surface area (Å²) in [4.78, 5) is 17.6. The van der Waals surface area contributed by atoms with E-state index in [4.69, 9.17) is 11.6 Å². The molecule has 4 aromatic rings. The molecule has 0 unspecified atom stereocenters. The maximum Gasteiger partial charge on any atom is 0.270 e. The van der Waals surface area contributed by atoms with Gasteiger partial charge in [-0.2, -0.15) is 5.10 Å². The van der Waals surface area contributed by atoms with Crippen LogP contribution >= 0.6 is 11.6 Å². The highest BCUT2D eigenvalue weighted by Gasteiger charge is 2.18. The van der Waals surface area contributed by atoms with Gasteiger partial charge >= 0.3 is 0 Å². The monoisotopic (exact) mass is 436 g/mol. The van der Waals surface area contributed by atoms with Crippen LogP contribution in [0.2, 0.25) is 5.02 Å². The minimum absolute atomic E-state index is 0.281. The molecule has 0 saturated heterocycles. The first-order valence-electron chi connectivity index (χ1n) is 10.1. The molecule has 31 heavy (non-hydrogen) atoms. The van der Waals surface area contributed by atoms with Crippen molar-refractivity contribution < 1.29 is 9.18 Å². The van der Waals surface area contributed by atoms with Gasteiger partial charge in [0.2, 0.25) is 0 Å². The highest BCUT2D eigenvalue weighted by atomic mass is 35.5. The number of hydrogen-bond acceptors (Lipinski definition) is 3.